The summed E-state index contributed by atoms with van der Waals surface area (Å²) < 4.78 is 13.8. The maximum atomic E-state index is 13.0. The number of nitrogens with zero attached hydrogens (tertiary/aromatic N) is 7. The first-order chi connectivity index (χ1) is 33.1. The number of pyridine rings is 1. The summed E-state index contributed by atoms with van der Waals surface area (Å²) in [5.74, 6) is 3.23. The van der Waals surface area contributed by atoms with Crippen LogP contribution in [0, 0.1) is 23.2 Å². The number of aromatic nitrogens is 3. The molecule has 0 radical (unpaired) electrons. The molecule has 17 heteroatoms. The minimum atomic E-state index is -0.989. The second-order valence-electron chi connectivity index (χ2n) is 21.2. The molecular formula is C52H67ClN10O6. The zero-order valence-electron chi connectivity index (χ0n) is 40.6. The fourth-order valence-electron chi connectivity index (χ4n) is 11.9. The quantitative estimate of drug-likeness (QED) is 0.128. The summed E-state index contributed by atoms with van der Waals surface area (Å²) in [6.07, 6.45) is 11.5. The molecule has 5 aliphatic heterocycles. The maximum Gasteiger partial charge on any atom is 0.293 e. The van der Waals surface area contributed by atoms with E-state index < -0.39 is 5.60 Å². The molecule has 1 aliphatic carbocycles. The number of likely N-dealkylation sites (N-methyl/N-ethyl adjacent to an activating group) is 2. The number of benzene rings is 2. The Hall–Kier alpha value is -5.26. The summed E-state index contributed by atoms with van der Waals surface area (Å²) in [6, 6.07) is 13.1. The number of anilines is 3. The first kappa shape index (κ1) is 47.4. The van der Waals surface area contributed by atoms with Crippen LogP contribution in [0.4, 0.5) is 17.5 Å². The fraction of sp³-hybridized carbons (Fsp3) is 0.558. The number of likely N-dealkylation sites (tertiary alicyclic amines) is 2. The van der Waals surface area contributed by atoms with Crippen molar-refractivity contribution >= 4 is 57.3 Å². The lowest BCUT2D eigenvalue weighted by atomic mass is 9.71. The third-order valence-electron chi connectivity index (χ3n) is 15.7. The van der Waals surface area contributed by atoms with E-state index in [9.17, 15) is 19.5 Å². The highest BCUT2D eigenvalue weighted by molar-refractivity contribution is 6.33. The van der Waals surface area contributed by atoms with Crippen molar-refractivity contribution in [2.24, 2.45) is 30.2 Å². The molecule has 1 saturated carbocycles. The molecule has 4 aromatic rings. The second kappa shape index (κ2) is 19.2. The Morgan fingerprint density at radius 2 is 1.74 bits per heavy atom. The molecule has 0 bridgehead atoms. The largest absolute Gasteiger partial charge is 0.490 e. The Morgan fingerprint density at radius 3 is 2.51 bits per heavy atom. The van der Waals surface area contributed by atoms with E-state index >= 15 is 0 Å². The summed E-state index contributed by atoms with van der Waals surface area (Å²) in [7, 11) is 5.03. The van der Waals surface area contributed by atoms with Gasteiger partial charge < -0.3 is 54.7 Å². The van der Waals surface area contributed by atoms with E-state index in [2.05, 4.69) is 41.7 Å². The van der Waals surface area contributed by atoms with Crippen LogP contribution < -0.4 is 35.9 Å². The van der Waals surface area contributed by atoms with Crippen LogP contribution in [0.2, 0.25) is 5.02 Å². The van der Waals surface area contributed by atoms with E-state index in [1.807, 2.05) is 57.4 Å². The number of aryl methyl sites for hydroxylation is 1. The number of aliphatic hydroxyl groups is 1. The standard InChI is InChI=1S/C52H67ClN10O6/c1-51(2,67)35-7-10-43(39(23-35)40-27-59(4)49(66)46-38(40)11-15-55-46)69-37-19-33(20-37)26-62-30-52(31-62)14-6-16-61(29-52)25-32-12-17-63(18-13-32)50-56-24-41(53)47(58-50)57-36-8-9-42-34(21-36)22-44(48(65)60(42)5)68-28-45(64)54-3/h7-10,21-24,27,32-33,37-38,46,55,67H,6,11-20,25-26,28-31H2,1-5H3,(H,54,64)(H,56,57,58). The molecular weight excluding hydrogens is 896 g/mol. The number of hydrogen-bond donors (Lipinski definition) is 4. The van der Waals surface area contributed by atoms with Gasteiger partial charge in [0.2, 0.25) is 11.9 Å². The average molecular weight is 964 g/mol. The predicted octanol–water partition coefficient (Wildman–Crippen LogP) is 5.34. The number of carbonyl (C=O) groups is 2. The van der Waals surface area contributed by atoms with E-state index in [0.717, 1.165) is 104 Å². The van der Waals surface area contributed by atoms with E-state index in [0.29, 0.717) is 34.0 Å². The molecule has 2 unspecified atom stereocenters. The first-order valence-electron chi connectivity index (χ1n) is 24.8. The van der Waals surface area contributed by atoms with Crippen molar-refractivity contribution in [1.82, 2.24) is 39.9 Å². The Bertz CT molecular complexity index is 2680. The van der Waals surface area contributed by atoms with Gasteiger partial charge in [-0.3, -0.25) is 14.4 Å². The third-order valence-corrected chi connectivity index (χ3v) is 15.9. The maximum absolute atomic E-state index is 13.0. The monoisotopic (exact) mass is 962 g/mol. The molecule has 2 aromatic carbocycles. The van der Waals surface area contributed by atoms with Crippen molar-refractivity contribution in [3.63, 3.8) is 0 Å². The Labute approximate surface area is 409 Å². The minimum absolute atomic E-state index is 0.0894. The van der Waals surface area contributed by atoms with Gasteiger partial charge in [-0.2, -0.15) is 4.98 Å². The smallest absolute Gasteiger partial charge is 0.293 e. The number of hydrogen-bond acceptors (Lipinski definition) is 13. The molecule has 5 fully saturated rings. The number of carbonyl (C=O) groups excluding carboxylic acids is 2. The van der Waals surface area contributed by atoms with E-state index in [1.54, 1.807) is 24.2 Å². The summed E-state index contributed by atoms with van der Waals surface area (Å²) in [4.78, 5) is 56.5. The van der Waals surface area contributed by atoms with Crippen LogP contribution in [-0.4, -0.2) is 138 Å². The lowest BCUT2D eigenvalue weighted by molar-refractivity contribution is -0.130. The minimum Gasteiger partial charge on any atom is -0.490 e. The Balaban J connectivity index is 0.689. The van der Waals surface area contributed by atoms with Gasteiger partial charge in [0.05, 0.1) is 29.5 Å². The number of halogens is 1. The van der Waals surface area contributed by atoms with Gasteiger partial charge in [0, 0.05) is 101 Å². The molecule has 6 aliphatic rings. The number of piperidine rings is 2. The first-order valence-corrected chi connectivity index (χ1v) is 25.2. The van der Waals surface area contributed by atoms with Crippen LogP contribution in [0.5, 0.6) is 11.5 Å². The van der Waals surface area contributed by atoms with Crippen molar-refractivity contribution in [3.05, 3.63) is 81.4 Å². The SMILES string of the molecule is CNC(=O)COc1cc2cc(Nc3nc(N4CCC(CN5CCCC6(C5)CN(CC5CC(Oc7ccc(C(C)(C)O)cc7C7=CN(C)C(=O)C8NCCC78)C5)C6)CC4)ncc3Cl)ccc2n(C)c1=O. The normalized spacial score (nSPS) is 24.2. The van der Waals surface area contributed by atoms with Gasteiger partial charge in [0.15, 0.2) is 18.2 Å². The summed E-state index contributed by atoms with van der Waals surface area (Å²) in [6.45, 7) is 12.9. The van der Waals surface area contributed by atoms with Crippen molar-refractivity contribution in [2.45, 2.75) is 76.5 Å². The molecule has 368 valence electrons. The average Bonchev–Trinajstić information content (AvgIpc) is 3.81. The van der Waals surface area contributed by atoms with Gasteiger partial charge in [-0.15, -0.1) is 0 Å². The van der Waals surface area contributed by atoms with Crippen LogP contribution in [-0.2, 0) is 22.2 Å². The summed E-state index contributed by atoms with van der Waals surface area (Å²) in [5, 5.41) is 21.4. The second-order valence-corrected chi connectivity index (χ2v) is 21.7. The number of fused-ring (bicyclic) bond motifs is 2. The lowest BCUT2D eigenvalue weighted by Gasteiger charge is -2.56. The van der Waals surface area contributed by atoms with Crippen LogP contribution in [0.1, 0.15) is 69.9 Å². The van der Waals surface area contributed by atoms with Gasteiger partial charge >= 0.3 is 0 Å². The van der Waals surface area contributed by atoms with Gasteiger partial charge in [-0.05, 0) is 131 Å². The zero-order valence-corrected chi connectivity index (χ0v) is 41.4. The molecule has 7 heterocycles. The third kappa shape index (κ3) is 9.92. The van der Waals surface area contributed by atoms with E-state index in [-0.39, 0.29) is 47.8 Å². The van der Waals surface area contributed by atoms with Crippen molar-refractivity contribution < 1.29 is 24.2 Å². The molecule has 16 nitrogen and oxygen atoms in total. The van der Waals surface area contributed by atoms with Crippen molar-refractivity contribution in [1.29, 1.82) is 0 Å². The topological polar surface area (TPSA) is 170 Å². The van der Waals surface area contributed by atoms with Crippen molar-refractivity contribution in [2.75, 3.05) is 89.8 Å². The molecule has 10 rings (SSSR count). The van der Waals surface area contributed by atoms with Gasteiger partial charge in [-0.1, -0.05) is 17.7 Å². The van der Waals surface area contributed by atoms with Gasteiger partial charge in [-0.25, -0.2) is 4.98 Å². The molecule has 1 spiro atoms. The molecule has 2 aromatic heterocycles. The zero-order chi connectivity index (χ0) is 48.2. The molecule has 4 saturated heterocycles. The van der Waals surface area contributed by atoms with Gasteiger partial charge in [0.1, 0.15) is 10.8 Å². The van der Waals surface area contributed by atoms with Crippen LogP contribution in [0.25, 0.3) is 16.5 Å². The molecule has 69 heavy (non-hydrogen) atoms. The van der Waals surface area contributed by atoms with Crippen LogP contribution in [0.3, 0.4) is 0 Å². The summed E-state index contributed by atoms with van der Waals surface area (Å²) in [5.41, 5.74) is 3.49. The van der Waals surface area contributed by atoms with Crippen molar-refractivity contribution in [3.8, 4) is 11.5 Å². The highest BCUT2D eigenvalue weighted by atomic mass is 35.5. The number of nitrogens with one attached hydrogen (secondary N) is 3. The highest BCUT2D eigenvalue weighted by Gasteiger charge is 2.47. The van der Waals surface area contributed by atoms with E-state index in [1.165, 1.54) is 50.6 Å². The molecule has 2 amide bonds. The number of ether oxygens (including phenoxy) is 2. The molecule has 2 atom stereocenters. The number of rotatable bonds is 14. The van der Waals surface area contributed by atoms with Crippen LogP contribution >= 0.6 is 11.6 Å². The van der Waals surface area contributed by atoms with Crippen LogP contribution in [0.15, 0.2) is 59.7 Å². The fourth-order valence-corrected chi connectivity index (χ4v) is 12.0. The Morgan fingerprint density at radius 1 is 0.971 bits per heavy atom. The van der Waals surface area contributed by atoms with Gasteiger partial charge in [0.25, 0.3) is 11.5 Å². The predicted molar refractivity (Wildman–Crippen MR) is 268 cm³/mol. The highest BCUT2D eigenvalue weighted by Crippen LogP contribution is 2.45. The Kier molecular flexibility index (Phi) is 13.2. The molecule has 4 N–H and O–H groups in total. The lowest BCUT2D eigenvalue weighted by Crippen LogP contribution is -2.64. The summed E-state index contributed by atoms with van der Waals surface area (Å²) >= 11 is 6.63. The number of amides is 2. The van der Waals surface area contributed by atoms with E-state index in [4.69, 9.17) is 26.1 Å².